The number of amides is 1. The third-order valence-corrected chi connectivity index (χ3v) is 4.94. The monoisotopic (exact) mass is 356 g/mol. The van der Waals surface area contributed by atoms with Gasteiger partial charge in [-0.2, -0.15) is 0 Å². The number of carbonyl (C=O) groups is 1. The number of nitrogens with zero attached hydrogens (tertiary/aromatic N) is 2. The Labute approximate surface area is 154 Å². The number of hydrogen-bond donors (Lipinski definition) is 4. The van der Waals surface area contributed by atoms with Gasteiger partial charge in [0.2, 0.25) is 0 Å². The van der Waals surface area contributed by atoms with E-state index < -0.39 is 5.91 Å². The van der Waals surface area contributed by atoms with Crippen molar-refractivity contribution < 1.29 is 4.79 Å². The van der Waals surface area contributed by atoms with E-state index in [2.05, 4.69) is 20.5 Å². The molecule has 0 radical (unpaired) electrons. The summed E-state index contributed by atoms with van der Waals surface area (Å²) in [7, 11) is 0. The number of hydrogen-bond acceptors (Lipinski definition) is 5. The van der Waals surface area contributed by atoms with E-state index in [9.17, 15) is 4.79 Å². The number of primary amides is 1. The van der Waals surface area contributed by atoms with E-state index in [1.165, 1.54) is 0 Å². The quantitative estimate of drug-likeness (QED) is 0.411. The van der Waals surface area contributed by atoms with Gasteiger partial charge in [0, 0.05) is 39.6 Å². The van der Waals surface area contributed by atoms with Gasteiger partial charge in [0.05, 0.1) is 6.04 Å². The summed E-state index contributed by atoms with van der Waals surface area (Å²) in [6.07, 6.45) is 1.90. The number of nitrogens with one attached hydrogen (secondary N) is 2. The van der Waals surface area contributed by atoms with Gasteiger partial charge < -0.3 is 21.8 Å². The van der Waals surface area contributed by atoms with Crippen LogP contribution in [0.4, 0.5) is 11.4 Å². The number of aromatic nitrogens is 3. The summed E-state index contributed by atoms with van der Waals surface area (Å²) >= 11 is 0. The zero-order chi connectivity index (χ0) is 18.5. The molecule has 0 saturated heterocycles. The van der Waals surface area contributed by atoms with Crippen LogP contribution in [0.1, 0.15) is 27.7 Å². The zero-order valence-electron chi connectivity index (χ0n) is 14.2. The van der Waals surface area contributed by atoms with Gasteiger partial charge in [-0.05, 0) is 23.8 Å². The molecular weight excluding hydrogens is 340 g/mol. The second-order valence-corrected chi connectivity index (χ2v) is 6.55. The summed E-state index contributed by atoms with van der Waals surface area (Å²) in [6, 6.07) is 15.4. The first kappa shape index (κ1) is 15.4. The first-order valence-corrected chi connectivity index (χ1v) is 8.52. The summed E-state index contributed by atoms with van der Waals surface area (Å²) in [6.45, 7) is 0. The first-order chi connectivity index (χ1) is 13.1. The lowest BCUT2D eigenvalue weighted by Crippen LogP contribution is -2.15. The highest BCUT2D eigenvalue weighted by atomic mass is 16.1. The van der Waals surface area contributed by atoms with Gasteiger partial charge in [-0.15, -0.1) is 10.2 Å². The minimum absolute atomic E-state index is 0.147. The maximum atomic E-state index is 12.1. The molecular formula is C20H16N6O. The van der Waals surface area contributed by atoms with Gasteiger partial charge in [0.1, 0.15) is 0 Å². The SMILES string of the molecule is NC(=O)c1nnc2[nH]cc3c2c1-c1ccccc1NC3c1ccc(N)cc1. The van der Waals surface area contributed by atoms with Crippen molar-refractivity contribution >= 4 is 28.3 Å². The van der Waals surface area contributed by atoms with Crippen molar-refractivity contribution in [3.05, 3.63) is 71.5 Å². The summed E-state index contributed by atoms with van der Waals surface area (Å²) in [5.41, 5.74) is 17.4. The molecule has 7 heteroatoms. The Kier molecular flexibility index (Phi) is 3.17. The minimum Gasteiger partial charge on any atom is -0.399 e. The molecule has 0 spiro atoms. The van der Waals surface area contributed by atoms with E-state index in [-0.39, 0.29) is 11.7 Å². The smallest absolute Gasteiger partial charge is 0.269 e. The van der Waals surface area contributed by atoms with Crippen LogP contribution in [0.25, 0.3) is 22.2 Å². The normalized spacial score (nSPS) is 15.0. The zero-order valence-corrected chi connectivity index (χ0v) is 14.2. The average Bonchev–Trinajstić information content (AvgIpc) is 3.04. The Bertz CT molecular complexity index is 1200. The number of anilines is 2. The lowest BCUT2D eigenvalue weighted by atomic mass is 9.95. The molecule has 1 aliphatic rings. The fourth-order valence-corrected chi connectivity index (χ4v) is 3.71. The molecule has 0 saturated carbocycles. The number of fused-ring (bicyclic) bond motifs is 2. The summed E-state index contributed by atoms with van der Waals surface area (Å²) < 4.78 is 0. The highest BCUT2D eigenvalue weighted by molar-refractivity contribution is 6.10. The van der Waals surface area contributed by atoms with Crippen LogP contribution < -0.4 is 16.8 Å². The average molecular weight is 356 g/mol. The lowest BCUT2D eigenvalue weighted by Gasteiger charge is -2.19. The summed E-state index contributed by atoms with van der Waals surface area (Å²) in [5.74, 6) is -0.604. The van der Waals surface area contributed by atoms with Gasteiger partial charge >= 0.3 is 0 Å². The first-order valence-electron chi connectivity index (χ1n) is 8.52. The number of H-pyrrole nitrogens is 1. The number of nitrogen functional groups attached to an aromatic ring is 1. The Morgan fingerprint density at radius 2 is 1.81 bits per heavy atom. The van der Waals surface area contributed by atoms with Crippen molar-refractivity contribution in [3.63, 3.8) is 0 Å². The molecule has 7 nitrogen and oxygen atoms in total. The molecule has 27 heavy (non-hydrogen) atoms. The van der Waals surface area contributed by atoms with Crippen LogP contribution in [0.3, 0.4) is 0 Å². The Morgan fingerprint density at radius 3 is 2.59 bits per heavy atom. The maximum Gasteiger partial charge on any atom is 0.269 e. The van der Waals surface area contributed by atoms with Gasteiger partial charge in [-0.1, -0.05) is 30.3 Å². The molecule has 5 rings (SSSR count). The molecule has 4 aromatic rings. The third kappa shape index (κ3) is 2.25. The predicted molar refractivity (Wildman–Crippen MR) is 104 cm³/mol. The van der Waals surface area contributed by atoms with Crippen molar-refractivity contribution in [2.24, 2.45) is 5.73 Å². The maximum absolute atomic E-state index is 12.1. The van der Waals surface area contributed by atoms with E-state index >= 15 is 0 Å². The third-order valence-electron chi connectivity index (χ3n) is 4.94. The van der Waals surface area contributed by atoms with Crippen LogP contribution in [0.15, 0.2) is 54.7 Å². The number of benzene rings is 2. The second-order valence-electron chi connectivity index (χ2n) is 6.55. The number of nitrogens with two attached hydrogens (primary N) is 2. The van der Waals surface area contributed by atoms with E-state index in [1.807, 2.05) is 54.7 Å². The van der Waals surface area contributed by atoms with Crippen LogP contribution in [0.5, 0.6) is 0 Å². The van der Waals surface area contributed by atoms with Crippen molar-refractivity contribution in [1.82, 2.24) is 15.2 Å². The molecule has 2 aromatic carbocycles. The minimum atomic E-state index is -0.604. The number of carbonyl (C=O) groups excluding carboxylic acids is 1. The molecule has 1 amide bonds. The van der Waals surface area contributed by atoms with Crippen LogP contribution in [0, 0.1) is 0 Å². The fourth-order valence-electron chi connectivity index (χ4n) is 3.71. The Hall–Kier alpha value is -3.87. The fraction of sp³-hybridized carbons (Fsp3) is 0.0500. The Balaban J connectivity index is 1.88. The van der Waals surface area contributed by atoms with Crippen molar-refractivity contribution in [3.8, 4) is 11.1 Å². The molecule has 6 N–H and O–H groups in total. The standard InChI is InChI=1S/C20H16N6O/c21-11-7-5-10(6-8-11)17-13-9-23-20-16(13)15(18(19(22)27)25-26-20)12-3-1-2-4-14(12)24-17/h1-9,17,24H,21H2,(H2,22,27)(H,23,26). The molecule has 132 valence electrons. The van der Waals surface area contributed by atoms with Gasteiger partial charge in [0.25, 0.3) is 5.91 Å². The van der Waals surface area contributed by atoms with Crippen molar-refractivity contribution in [2.45, 2.75) is 6.04 Å². The summed E-state index contributed by atoms with van der Waals surface area (Å²) in [5, 5.41) is 12.7. The van der Waals surface area contributed by atoms with Crippen molar-refractivity contribution in [1.29, 1.82) is 0 Å². The van der Waals surface area contributed by atoms with Gasteiger partial charge in [0.15, 0.2) is 11.3 Å². The van der Waals surface area contributed by atoms with E-state index in [4.69, 9.17) is 11.5 Å². The predicted octanol–water partition coefficient (Wildman–Crippen LogP) is 2.82. The number of aromatic amines is 1. The second kappa shape index (κ2) is 5.57. The molecule has 1 aliphatic heterocycles. The molecule has 1 unspecified atom stereocenters. The van der Waals surface area contributed by atoms with E-state index in [0.29, 0.717) is 16.9 Å². The van der Waals surface area contributed by atoms with E-state index in [0.717, 1.165) is 27.8 Å². The number of rotatable bonds is 2. The molecule has 0 bridgehead atoms. The van der Waals surface area contributed by atoms with Gasteiger partial charge in [-0.25, -0.2) is 0 Å². The highest BCUT2D eigenvalue weighted by Crippen LogP contribution is 2.44. The van der Waals surface area contributed by atoms with Crippen molar-refractivity contribution in [2.75, 3.05) is 11.1 Å². The Morgan fingerprint density at radius 1 is 1.04 bits per heavy atom. The topological polar surface area (TPSA) is 123 Å². The largest absolute Gasteiger partial charge is 0.399 e. The molecule has 0 aliphatic carbocycles. The highest BCUT2D eigenvalue weighted by Gasteiger charge is 2.29. The number of para-hydroxylation sites is 1. The van der Waals surface area contributed by atoms with Crippen LogP contribution in [-0.4, -0.2) is 21.1 Å². The molecule has 2 aromatic heterocycles. The van der Waals surface area contributed by atoms with Crippen LogP contribution in [-0.2, 0) is 0 Å². The lowest BCUT2D eigenvalue weighted by molar-refractivity contribution is 0.0995. The molecule has 3 heterocycles. The molecule has 0 fully saturated rings. The van der Waals surface area contributed by atoms with Gasteiger partial charge in [-0.3, -0.25) is 4.79 Å². The summed E-state index contributed by atoms with van der Waals surface area (Å²) in [4.78, 5) is 15.2. The van der Waals surface area contributed by atoms with Crippen LogP contribution in [0.2, 0.25) is 0 Å². The van der Waals surface area contributed by atoms with Crippen LogP contribution >= 0.6 is 0 Å². The van der Waals surface area contributed by atoms with E-state index in [1.54, 1.807) is 0 Å². The molecule has 1 atom stereocenters.